The highest BCUT2D eigenvalue weighted by molar-refractivity contribution is 9.10. The van der Waals surface area contributed by atoms with Gasteiger partial charge in [0.2, 0.25) is 11.9 Å². The van der Waals surface area contributed by atoms with Crippen LogP contribution >= 0.6 is 15.9 Å². The molecule has 1 aromatic rings. The molecule has 1 amide bonds. The summed E-state index contributed by atoms with van der Waals surface area (Å²) in [5.74, 6) is 1.04. The maximum atomic E-state index is 11.9. The second-order valence-electron chi connectivity index (χ2n) is 4.71. The maximum absolute atomic E-state index is 11.9. The Kier molecular flexibility index (Phi) is 3.43. The van der Waals surface area contributed by atoms with Crippen LogP contribution in [0, 0.1) is 5.41 Å². The van der Waals surface area contributed by atoms with Crippen LogP contribution in [0.4, 0.5) is 11.8 Å². The number of rotatable bonds is 2. The molecule has 0 bridgehead atoms. The fraction of sp³-hybridized carbons (Fsp3) is 0.545. The molecular formula is C11H16BrN5O. The molecule has 2 rings (SSSR count). The van der Waals surface area contributed by atoms with Crippen molar-refractivity contribution in [2.45, 2.75) is 13.3 Å². The highest BCUT2D eigenvalue weighted by atomic mass is 79.9. The Hall–Kier alpha value is -1.37. The minimum absolute atomic E-state index is 0.0585. The van der Waals surface area contributed by atoms with Gasteiger partial charge in [0.25, 0.3) is 0 Å². The Labute approximate surface area is 114 Å². The van der Waals surface area contributed by atoms with Crippen LogP contribution < -0.4 is 16.0 Å². The van der Waals surface area contributed by atoms with E-state index in [1.807, 2.05) is 6.92 Å². The second-order valence-corrected chi connectivity index (χ2v) is 5.57. The van der Waals surface area contributed by atoms with E-state index in [2.05, 4.69) is 36.1 Å². The van der Waals surface area contributed by atoms with Crippen LogP contribution in [0.1, 0.15) is 13.3 Å². The lowest BCUT2D eigenvalue weighted by Gasteiger charge is -2.23. The normalized spacial score (nSPS) is 23.2. The highest BCUT2D eigenvalue weighted by Crippen LogP contribution is 2.35. The van der Waals surface area contributed by atoms with Crippen molar-refractivity contribution < 1.29 is 4.79 Å². The second kappa shape index (κ2) is 4.72. The standard InChI is InChI=1S/C11H16BrN5O/c1-11(9(18)14-2)3-4-17(6-11)8-7(12)5-15-10(13)16-8/h5H,3-4,6H2,1-2H3,(H,14,18)(H2,13,15,16). The Morgan fingerprint density at radius 2 is 2.39 bits per heavy atom. The third-order valence-corrected chi connectivity index (χ3v) is 3.85. The molecule has 1 atom stereocenters. The van der Waals surface area contributed by atoms with Crippen molar-refractivity contribution >= 4 is 33.6 Å². The molecule has 6 nitrogen and oxygen atoms in total. The van der Waals surface area contributed by atoms with Crippen LogP contribution in [0.3, 0.4) is 0 Å². The van der Waals surface area contributed by atoms with Gasteiger partial charge in [-0.1, -0.05) is 0 Å². The number of nitrogen functional groups attached to an aromatic ring is 1. The Bertz CT molecular complexity index is 481. The number of anilines is 2. The van der Waals surface area contributed by atoms with Crippen molar-refractivity contribution in [3.05, 3.63) is 10.7 Å². The van der Waals surface area contributed by atoms with E-state index in [4.69, 9.17) is 5.73 Å². The number of hydrogen-bond donors (Lipinski definition) is 2. The third kappa shape index (κ3) is 2.27. The van der Waals surface area contributed by atoms with Crippen LogP contribution in [0.25, 0.3) is 0 Å². The summed E-state index contributed by atoms with van der Waals surface area (Å²) in [5.41, 5.74) is 5.22. The van der Waals surface area contributed by atoms with Crippen molar-refractivity contribution in [3.8, 4) is 0 Å². The number of nitrogens with one attached hydrogen (secondary N) is 1. The van der Waals surface area contributed by atoms with E-state index < -0.39 is 0 Å². The van der Waals surface area contributed by atoms with Crippen LogP contribution in [-0.4, -0.2) is 36.0 Å². The first-order chi connectivity index (χ1) is 8.46. The third-order valence-electron chi connectivity index (χ3n) is 3.29. The van der Waals surface area contributed by atoms with E-state index in [0.717, 1.165) is 23.3 Å². The molecule has 0 spiro atoms. The zero-order chi connectivity index (χ0) is 13.3. The molecule has 0 aromatic carbocycles. The predicted molar refractivity (Wildman–Crippen MR) is 73.1 cm³/mol. The van der Waals surface area contributed by atoms with Gasteiger partial charge in [0, 0.05) is 26.3 Å². The van der Waals surface area contributed by atoms with Gasteiger partial charge in [0.05, 0.1) is 9.89 Å². The van der Waals surface area contributed by atoms with Crippen LogP contribution in [0.5, 0.6) is 0 Å². The average molecular weight is 314 g/mol. The summed E-state index contributed by atoms with van der Waals surface area (Å²) < 4.78 is 0.790. The van der Waals surface area contributed by atoms with Gasteiger partial charge in [-0.15, -0.1) is 0 Å². The lowest BCUT2D eigenvalue weighted by molar-refractivity contribution is -0.128. The number of aromatic nitrogens is 2. The quantitative estimate of drug-likeness (QED) is 0.843. The number of nitrogens with two attached hydrogens (primary N) is 1. The van der Waals surface area contributed by atoms with E-state index in [9.17, 15) is 4.79 Å². The Morgan fingerprint density at radius 3 is 3.06 bits per heavy atom. The van der Waals surface area contributed by atoms with Gasteiger partial charge in [-0.2, -0.15) is 4.98 Å². The van der Waals surface area contributed by atoms with Crippen molar-refractivity contribution in [3.63, 3.8) is 0 Å². The van der Waals surface area contributed by atoms with Crippen molar-refractivity contribution in [1.29, 1.82) is 0 Å². The van der Waals surface area contributed by atoms with E-state index >= 15 is 0 Å². The zero-order valence-corrected chi connectivity index (χ0v) is 12.0. The summed E-state index contributed by atoms with van der Waals surface area (Å²) in [5, 5.41) is 2.71. The first kappa shape index (κ1) is 13.1. The van der Waals surface area contributed by atoms with Crippen LogP contribution in [0.2, 0.25) is 0 Å². The molecule has 1 unspecified atom stereocenters. The van der Waals surface area contributed by atoms with Crippen molar-refractivity contribution in [2.24, 2.45) is 5.41 Å². The van der Waals surface area contributed by atoms with Gasteiger partial charge in [-0.3, -0.25) is 4.79 Å². The molecule has 0 radical (unpaired) electrons. The predicted octanol–water partition coefficient (Wildman–Crippen LogP) is 0.784. The summed E-state index contributed by atoms with van der Waals surface area (Å²) in [6.07, 6.45) is 2.43. The molecule has 2 heterocycles. The molecule has 1 saturated heterocycles. The smallest absolute Gasteiger partial charge is 0.227 e. The number of halogens is 1. The molecular weight excluding hydrogens is 298 g/mol. The number of carbonyl (C=O) groups excluding carboxylic acids is 1. The SMILES string of the molecule is CNC(=O)C1(C)CCN(c2nc(N)ncc2Br)C1. The summed E-state index contributed by atoms with van der Waals surface area (Å²) in [7, 11) is 1.66. The van der Waals surface area contributed by atoms with Crippen molar-refractivity contribution in [2.75, 3.05) is 30.8 Å². The molecule has 98 valence electrons. The van der Waals surface area contributed by atoms with E-state index in [0.29, 0.717) is 6.54 Å². The van der Waals surface area contributed by atoms with Gasteiger partial charge < -0.3 is 16.0 Å². The lowest BCUT2D eigenvalue weighted by Crippen LogP contribution is -2.39. The summed E-state index contributed by atoms with van der Waals surface area (Å²) >= 11 is 3.41. The minimum atomic E-state index is -0.381. The Balaban J connectivity index is 2.23. The van der Waals surface area contributed by atoms with Gasteiger partial charge in [-0.05, 0) is 29.3 Å². The van der Waals surface area contributed by atoms with Gasteiger partial charge in [-0.25, -0.2) is 4.98 Å². The molecule has 1 aliphatic heterocycles. The van der Waals surface area contributed by atoms with E-state index in [-0.39, 0.29) is 17.3 Å². The van der Waals surface area contributed by atoms with Gasteiger partial charge in [0.1, 0.15) is 5.82 Å². The van der Waals surface area contributed by atoms with Crippen molar-refractivity contribution in [1.82, 2.24) is 15.3 Å². The molecule has 1 aliphatic rings. The summed E-state index contributed by atoms with van der Waals surface area (Å²) in [4.78, 5) is 22.0. The molecule has 18 heavy (non-hydrogen) atoms. The first-order valence-electron chi connectivity index (χ1n) is 5.71. The van der Waals surface area contributed by atoms with Crippen LogP contribution in [-0.2, 0) is 4.79 Å². The molecule has 3 N–H and O–H groups in total. The zero-order valence-electron chi connectivity index (χ0n) is 10.4. The monoisotopic (exact) mass is 313 g/mol. The summed E-state index contributed by atoms with van der Waals surface area (Å²) in [6.45, 7) is 3.37. The minimum Gasteiger partial charge on any atom is -0.368 e. The number of hydrogen-bond acceptors (Lipinski definition) is 5. The van der Waals surface area contributed by atoms with E-state index in [1.165, 1.54) is 0 Å². The molecule has 0 aliphatic carbocycles. The fourth-order valence-electron chi connectivity index (χ4n) is 2.22. The molecule has 1 fully saturated rings. The fourth-order valence-corrected chi connectivity index (χ4v) is 2.66. The largest absolute Gasteiger partial charge is 0.368 e. The number of nitrogens with zero attached hydrogens (tertiary/aromatic N) is 3. The van der Waals surface area contributed by atoms with E-state index in [1.54, 1.807) is 13.2 Å². The topological polar surface area (TPSA) is 84.1 Å². The number of carbonyl (C=O) groups is 1. The van der Waals surface area contributed by atoms with Gasteiger partial charge in [0.15, 0.2) is 0 Å². The first-order valence-corrected chi connectivity index (χ1v) is 6.51. The summed E-state index contributed by atoms with van der Waals surface area (Å²) in [6, 6.07) is 0. The Morgan fingerprint density at radius 1 is 1.67 bits per heavy atom. The molecule has 0 saturated carbocycles. The lowest BCUT2D eigenvalue weighted by atomic mass is 9.89. The van der Waals surface area contributed by atoms with Crippen LogP contribution in [0.15, 0.2) is 10.7 Å². The highest BCUT2D eigenvalue weighted by Gasteiger charge is 2.40. The van der Waals surface area contributed by atoms with Gasteiger partial charge >= 0.3 is 0 Å². The molecule has 1 aromatic heterocycles. The molecule has 7 heteroatoms. The maximum Gasteiger partial charge on any atom is 0.227 e. The number of amides is 1. The average Bonchev–Trinajstić information content (AvgIpc) is 2.75.